The lowest BCUT2D eigenvalue weighted by molar-refractivity contribution is -0.124. The summed E-state index contributed by atoms with van der Waals surface area (Å²) in [5, 5.41) is 9.74. The number of ether oxygens (including phenoxy) is 1. The number of carbonyl (C=O) groups is 2. The molecule has 0 saturated carbocycles. The average molecular weight is 437 g/mol. The first-order valence-corrected chi connectivity index (χ1v) is 11.3. The van der Waals surface area contributed by atoms with Crippen LogP contribution in [0.15, 0.2) is 42.5 Å². The minimum absolute atomic E-state index is 0.108. The van der Waals surface area contributed by atoms with Gasteiger partial charge >= 0.3 is 0 Å². The van der Waals surface area contributed by atoms with Crippen LogP contribution in [0.5, 0.6) is 11.5 Å². The van der Waals surface area contributed by atoms with E-state index >= 15 is 0 Å². The van der Waals surface area contributed by atoms with Gasteiger partial charge in [-0.25, -0.2) is 0 Å². The Morgan fingerprint density at radius 1 is 1.13 bits per heavy atom. The molecule has 3 aliphatic rings. The van der Waals surface area contributed by atoms with Gasteiger partial charge in [0.15, 0.2) is 0 Å². The molecule has 1 spiro atoms. The van der Waals surface area contributed by atoms with Crippen LogP contribution in [0.4, 0.5) is 11.4 Å². The van der Waals surface area contributed by atoms with Gasteiger partial charge in [0.25, 0.3) is 5.91 Å². The summed E-state index contributed by atoms with van der Waals surface area (Å²) in [7, 11) is 0. The van der Waals surface area contributed by atoms with Crippen molar-refractivity contribution < 1.29 is 19.4 Å². The molecule has 0 aromatic heterocycles. The summed E-state index contributed by atoms with van der Waals surface area (Å²) in [4.78, 5) is 29.5. The van der Waals surface area contributed by atoms with E-state index in [9.17, 15) is 14.7 Å². The lowest BCUT2D eigenvalue weighted by atomic mass is 9.89. The topological polar surface area (TPSA) is 70.1 Å². The first-order valence-electron chi connectivity index (χ1n) is 10.3. The number of allylic oxidation sites excluding steroid dienone is 1. The number of amides is 2. The summed E-state index contributed by atoms with van der Waals surface area (Å²) < 4.78 is 5.85. The zero-order valence-corrected chi connectivity index (χ0v) is 18.7. The number of rotatable bonds is 3. The number of phenolic OH excluding ortho intramolecular Hbond substituents is 1. The van der Waals surface area contributed by atoms with Crippen molar-refractivity contribution in [1.29, 1.82) is 0 Å². The largest absolute Gasteiger partial charge is 0.508 e. The minimum atomic E-state index is -1.21. The van der Waals surface area contributed by atoms with E-state index in [4.69, 9.17) is 4.74 Å². The standard InChI is InChI=1S/C24H24N2O4S/c1-5-30-17-10-18-14(2)12-23(3,4)26-21(18)19(11-17)24(22(26)29)25(20(28)13-31-24)15-6-8-16(27)9-7-15/h6-12,27H,5,13H2,1-4H3/t24-/m0/s1. The van der Waals surface area contributed by atoms with Crippen molar-refractivity contribution in [2.75, 3.05) is 22.2 Å². The second-order valence-electron chi connectivity index (χ2n) is 8.60. The Balaban J connectivity index is 1.81. The molecule has 0 aliphatic carbocycles. The molecular weight excluding hydrogens is 412 g/mol. The SMILES string of the molecule is CCOc1cc2c3c(c1)[C@]1(SCC(=O)N1c1ccc(O)cc1)C(=O)N3C(C)(C)C=C2C. The van der Waals surface area contributed by atoms with Gasteiger partial charge in [-0.2, -0.15) is 0 Å². The molecule has 0 bridgehead atoms. The van der Waals surface area contributed by atoms with E-state index in [1.165, 1.54) is 23.9 Å². The van der Waals surface area contributed by atoms with Crippen molar-refractivity contribution >= 4 is 40.5 Å². The van der Waals surface area contributed by atoms with Gasteiger partial charge < -0.3 is 9.84 Å². The van der Waals surface area contributed by atoms with Crippen LogP contribution >= 0.6 is 11.8 Å². The molecule has 0 radical (unpaired) electrons. The van der Waals surface area contributed by atoms with Crippen LogP contribution in [0.25, 0.3) is 5.57 Å². The fourth-order valence-corrected chi connectivity index (χ4v) is 6.33. The number of benzene rings is 2. The van der Waals surface area contributed by atoms with E-state index in [1.807, 2.05) is 44.7 Å². The van der Waals surface area contributed by atoms with Crippen LogP contribution in [-0.2, 0) is 14.5 Å². The first kappa shape index (κ1) is 20.0. The molecule has 2 aromatic carbocycles. The fourth-order valence-electron chi connectivity index (χ4n) is 5.00. The molecule has 1 saturated heterocycles. The van der Waals surface area contributed by atoms with Crippen molar-refractivity contribution in [1.82, 2.24) is 0 Å². The Morgan fingerprint density at radius 3 is 2.52 bits per heavy atom. The smallest absolute Gasteiger partial charge is 0.269 e. The van der Waals surface area contributed by atoms with Gasteiger partial charge in [-0.3, -0.25) is 19.4 Å². The number of aromatic hydroxyl groups is 1. The molecule has 31 heavy (non-hydrogen) atoms. The lowest BCUT2D eigenvalue weighted by Gasteiger charge is -2.40. The predicted molar refractivity (Wildman–Crippen MR) is 123 cm³/mol. The van der Waals surface area contributed by atoms with E-state index in [1.54, 1.807) is 17.0 Å². The highest BCUT2D eigenvalue weighted by molar-refractivity contribution is 8.02. The molecule has 2 aromatic rings. The van der Waals surface area contributed by atoms with Crippen molar-refractivity contribution in [3.63, 3.8) is 0 Å². The third-order valence-corrected chi connectivity index (χ3v) is 7.51. The summed E-state index contributed by atoms with van der Waals surface area (Å²) in [6.45, 7) is 8.51. The van der Waals surface area contributed by atoms with E-state index < -0.39 is 10.4 Å². The number of hydrogen-bond acceptors (Lipinski definition) is 5. The van der Waals surface area contributed by atoms with Gasteiger partial charge in [0.1, 0.15) is 11.5 Å². The van der Waals surface area contributed by atoms with E-state index in [0.717, 1.165) is 22.4 Å². The average Bonchev–Trinajstić information content (AvgIpc) is 3.18. The molecule has 6 nitrogen and oxygen atoms in total. The van der Waals surface area contributed by atoms with Gasteiger partial charge in [-0.1, -0.05) is 6.08 Å². The Morgan fingerprint density at radius 2 is 1.84 bits per heavy atom. The summed E-state index contributed by atoms with van der Waals surface area (Å²) in [5.74, 6) is 0.720. The molecule has 7 heteroatoms. The maximum absolute atomic E-state index is 14.2. The summed E-state index contributed by atoms with van der Waals surface area (Å²) >= 11 is 1.35. The van der Waals surface area contributed by atoms with Crippen molar-refractivity contribution in [3.8, 4) is 11.5 Å². The maximum atomic E-state index is 14.2. The van der Waals surface area contributed by atoms with Gasteiger partial charge in [0.05, 0.1) is 23.6 Å². The van der Waals surface area contributed by atoms with Crippen LogP contribution in [-0.4, -0.2) is 34.8 Å². The van der Waals surface area contributed by atoms with Crippen molar-refractivity contribution in [2.45, 2.75) is 38.1 Å². The van der Waals surface area contributed by atoms with Crippen LogP contribution in [0, 0.1) is 0 Å². The molecular formula is C24H24N2O4S. The van der Waals surface area contributed by atoms with Gasteiger partial charge in [0.2, 0.25) is 10.8 Å². The summed E-state index contributed by atoms with van der Waals surface area (Å²) in [6, 6.07) is 10.3. The van der Waals surface area contributed by atoms with Gasteiger partial charge in [-0.05, 0) is 69.7 Å². The Bertz CT molecular complexity index is 1150. The molecule has 1 atom stereocenters. The normalized spacial score (nSPS) is 23.4. The van der Waals surface area contributed by atoms with Gasteiger partial charge in [-0.15, -0.1) is 11.8 Å². The highest BCUT2D eigenvalue weighted by atomic mass is 32.2. The zero-order valence-electron chi connectivity index (χ0n) is 17.9. The van der Waals surface area contributed by atoms with Crippen molar-refractivity contribution in [2.24, 2.45) is 0 Å². The number of carbonyl (C=O) groups excluding carboxylic acids is 2. The Kier molecular flexibility index (Phi) is 4.21. The second kappa shape index (κ2) is 6.53. The number of fused-ring (bicyclic) bond motifs is 1. The number of anilines is 2. The molecule has 1 fully saturated rings. The van der Waals surface area contributed by atoms with Crippen LogP contribution in [0.1, 0.15) is 38.8 Å². The molecule has 160 valence electrons. The van der Waals surface area contributed by atoms with Crippen molar-refractivity contribution in [3.05, 3.63) is 53.6 Å². The number of hydrogen-bond donors (Lipinski definition) is 1. The number of nitrogens with zero attached hydrogens (tertiary/aromatic N) is 2. The van der Waals surface area contributed by atoms with E-state index in [-0.39, 0.29) is 23.3 Å². The predicted octanol–water partition coefficient (Wildman–Crippen LogP) is 4.27. The monoisotopic (exact) mass is 436 g/mol. The lowest BCUT2D eigenvalue weighted by Crippen LogP contribution is -2.54. The minimum Gasteiger partial charge on any atom is -0.508 e. The third-order valence-electron chi connectivity index (χ3n) is 6.12. The highest BCUT2D eigenvalue weighted by Crippen LogP contribution is 2.60. The van der Waals surface area contributed by atoms with Crippen LogP contribution < -0.4 is 14.5 Å². The fraction of sp³-hybridized carbons (Fsp3) is 0.333. The van der Waals surface area contributed by atoms with Crippen LogP contribution in [0.2, 0.25) is 0 Å². The van der Waals surface area contributed by atoms with Gasteiger partial charge in [0, 0.05) is 16.8 Å². The van der Waals surface area contributed by atoms with Crippen LogP contribution in [0.3, 0.4) is 0 Å². The second-order valence-corrected chi connectivity index (χ2v) is 9.77. The maximum Gasteiger partial charge on any atom is 0.269 e. The Hall–Kier alpha value is -2.93. The molecule has 3 aliphatic heterocycles. The van der Waals surface area contributed by atoms with E-state index in [0.29, 0.717) is 18.0 Å². The Labute approximate surface area is 185 Å². The molecule has 2 amide bonds. The number of thioether (sulfide) groups is 1. The zero-order chi connectivity index (χ0) is 22.1. The number of phenols is 1. The summed E-state index contributed by atoms with van der Waals surface area (Å²) in [5.41, 5.74) is 3.71. The molecule has 5 rings (SSSR count). The molecule has 3 heterocycles. The quantitative estimate of drug-likeness (QED) is 0.778. The summed E-state index contributed by atoms with van der Waals surface area (Å²) in [6.07, 6.45) is 2.10. The highest BCUT2D eigenvalue weighted by Gasteiger charge is 2.64. The molecule has 0 unspecified atom stereocenters. The van der Waals surface area contributed by atoms with E-state index in [2.05, 4.69) is 6.08 Å². The third kappa shape index (κ3) is 2.59. The first-order chi connectivity index (χ1) is 14.7. The molecule has 1 N–H and O–H groups in total.